The molecule has 2 aliphatic rings. The first kappa shape index (κ1) is 48.5. The average molecular weight is 836 g/mol. The molecule has 0 atom stereocenters. The van der Waals surface area contributed by atoms with E-state index in [1.807, 2.05) is 62.0 Å². The zero-order valence-corrected chi connectivity index (χ0v) is 36.1. The van der Waals surface area contributed by atoms with Crippen LogP contribution in [0.4, 0.5) is 11.6 Å². The molecule has 4 heterocycles. The number of aromatic nitrogens is 4. The fraction of sp³-hybridized carbons (Fsp3) is 0.550. The lowest BCUT2D eigenvalue weighted by Gasteiger charge is -2.37. The van der Waals surface area contributed by atoms with Crippen molar-refractivity contribution in [1.29, 1.82) is 0 Å². The number of amides is 2. The molecular weight excluding hydrogens is 775 g/mol. The van der Waals surface area contributed by atoms with Crippen molar-refractivity contribution in [3.05, 3.63) is 36.7 Å². The van der Waals surface area contributed by atoms with Gasteiger partial charge >= 0.3 is 0 Å². The van der Waals surface area contributed by atoms with Crippen molar-refractivity contribution in [3.63, 3.8) is 0 Å². The van der Waals surface area contributed by atoms with Crippen molar-refractivity contribution in [1.82, 2.24) is 30.2 Å². The van der Waals surface area contributed by atoms with Crippen LogP contribution in [-0.4, -0.2) is 128 Å². The smallest absolute Gasteiger partial charge is 0.222 e. The quantitative estimate of drug-likeness (QED) is 0.169. The Kier molecular flexibility index (Phi) is 19.6. The third-order valence-electron chi connectivity index (χ3n) is 10.6. The van der Waals surface area contributed by atoms with E-state index >= 15 is 0 Å². The number of rotatable bonds is 12. The molecule has 2 aliphatic heterocycles. The van der Waals surface area contributed by atoms with Crippen LogP contribution in [0.3, 0.4) is 0 Å². The maximum Gasteiger partial charge on any atom is 0.222 e. The Balaban J connectivity index is 0.000000374. The number of nitrogens with zero attached hydrogens (tertiary/aromatic N) is 8. The summed E-state index contributed by atoms with van der Waals surface area (Å²) in [6, 6.07) is 8.35. The standard InChI is InChI=1S/2C20H28N4O3.2ClH.H2O/c2*1-5-6-19(25)23(2)15-7-9-24(10-8-15)20-16-12-18(27-4)17(26-3)11-14(16)13-21-22-20;;;/h2*11-13,15H,5-10H2,1-4H3;2*1H;1H2. The van der Waals surface area contributed by atoms with Gasteiger partial charge in [0.15, 0.2) is 34.6 Å². The van der Waals surface area contributed by atoms with Crippen molar-refractivity contribution in [2.24, 2.45) is 0 Å². The van der Waals surface area contributed by atoms with Crippen LogP contribution in [0.1, 0.15) is 65.2 Å². The molecule has 2 saturated heterocycles. The van der Waals surface area contributed by atoms with E-state index in [-0.39, 0.29) is 54.2 Å². The van der Waals surface area contributed by atoms with E-state index in [1.165, 1.54) is 0 Å². The molecule has 0 aliphatic carbocycles. The highest BCUT2D eigenvalue weighted by Crippen LogP contribution is 2.37. The Bertz CT molecular complexity index is 1760. The van der Waals surface area contributed by atoms with E-state index in [1.54, 1.807) is 40.8 Å². The Hall–Kier alpha value is -4.60. The van der Waals surface area contributed by atoms with Crippen LogP contribution < -0.4 is 28.7 Å². The van der Waals surface area contributed by atoms with Crippen LogP contribution in [0.25, 0.3) is 21.5 Å². The first-order valence-electron chi connectivity index (χ1n) is 18.9. The Morgan fingerprint density at radius 1 is 0.614 bits per heavy atom. The zero-order chi connectivity index (χ0) is 38.8. The number of carbonyl (C=O) groups is 2. The molecule has 4 aromatic rings. The zero-order valence-electron chi connectivity index (χ0n) is 34.4. The molecule has 2 N–H and O–H groups in total. The average Bonchev–Trinajstić information content (AvgIpc) is 3.22. The molecule has 0 unspecified atom stereocenters. The molecule has 0 saturated carbocycles. The van der Waals surface area contributed by atoms with Crippen molar-refractivity contribution >= 4 is 69.8 Å². The lowest BCUT2D eigenvalue weighted by Crippen LogP contribution is -2.45. The van der Waals surface area contributed by atoms with E-state index < -0.39 is 0 Å². The van der Waals surface area contributed by atoms with Crippen LogP contribution in [0.15, 0.2) is 36.7 Å². The molecule has 17 heteroatoms. The molecule has 0 radical (unpaired) electrons. The van der Waals surface area contributed by atoms with Crippen molar-refractivity contribution in [2.45, 2.75) is 77.3 Å². The van der Waals surface area contributed by atoms with Crippen molar-refractivity contribution in [2.75, 3.05) is 78.5 Å². The number of methoxy groups -OCH3 is 4. The number of halogens is 2. The van der Waals surface area contributed by atoms with Gasteiger partial charge in [0.1, 0.15) is 0 Å². The molecule has 0 bridgehead atoms. The Morgan fingerprint density at radius 2 is 0.930 bits per heavy atom. The Labute approximate surface area is 348 Å². The summed E-state index contributed by atoms with van der Waals surface area (Å²) in [7, 11) is 10.4. The molecule has 2 aromatic carbocycles. The minimum absolute atomic E-state index is 0. The van der Waals surface area contributed by atoms with Crippen LogP contribution in [-0.2, 0) is 9.59 Å². The highest BCUT2D eigenvalue weighted by Gasteiger charge is 2.28. The highest BCUT2D eigenvalue weighted by molar-refractivity contribution is 5.95. The van der Waals surface area contributed by atoms with E-state index in [4.69, 9.17) is 18.9 Å². The van der Waals surface area contributed by atoms with Gasteiger partial charge in [0.25, 0.3) is 0 Å². The van der Waals surface area contributed by atoms with Gasteiger partial charge in [-0.05, 0) is 62.8 Å². The van der Waals surface area contributed by atoms with Gasteiger partial charge in [-0.25, -0.2) is 0 Å². The van der Waals surface area contributed by atoms with Gasteiger partial charge in [0, 0.05) is 86.7 Å². The van der Waals surface area contributed by atoms with Gasteiger partial charge in [0.05, 0.1) is 40.8 Å². The Morgan fingerprint density at radius 3 is 1.23 bits per heavy atom. The highest BCUT2D eigenvalue weighted by atomic mass is 35.5. The summed E-state index contributed by atoms with van der Waals surface area (Å²) < 4.78 is 21.7. The SMILES string of the molecule is CCCC(=O)N(C)C1CCN(c2nncc3cc(OC)c(OC)cc23)CC1.CCCC(=O)N(C)C1CCN(c2nncc3cc(OC)c(OC)cc23)CC1.Cl.Cl.O. The summed E-state index contributed by atoms with van der Waals surface area (Å²) in [5.74, 6) is 4.90. The number of carbonyl (C=O) groups excluding carboxylic acids is 2. The number of ether oxygens (including phenoxy) is 4. The van der Waals surface area contributed by atoms with Gasteiger partial charge in [-0.2, -0.15) is 10.2 Å². The first-order chi connectivity index (χ1) is 26.2. The summed E-state index contributed by atoms with van der Waals surface area (Å²) >= 11 is 0. The topological polar surface area (TPSA) is 167 Å². The predicted molar refractivity (Wildman–Crippen MR) is 229 cm³/mol. The summed E-state index contributed by atoms with van der Waals surface area (Å²) in [5.41, 5.74) is 0. The van der Waals surface area contributed by atoms with Crippen LogP contribution in [0, 0.1) is 0 Å². The first-order valence-corrected chi connectivity index (χ1v) is 18.9. The summed E-state index contributed by atoms with van der Waals surface area (Å²) in [6.07, 6.45) is 10.2. The van der Waals surface area contributed by atoms with Gasteiger partial charge in [-0.15, -0.1) is 35.0 Å². The number of piperidine rings is 2. The van der Waals surface area contributed by atoms with Gasteiger partial charge in [-0.3, -0.25) is 9.59 Å². The van der Waals surface area contributed by atoms with Crippen LogP contribution in [0.2, 0.25) is 0 Å². The van der Waals surface area contributed by atoms with Crippen molar-refractivity contribution < 1.29 is 34.0 Å². The molecular formula is C40H60Cl2N8O7. The number of anilines is 2. The second-order valence-corrected chi connectivity index (χ2v) is 13.9. The fourth-order valence-electron chi connectivity index (χ4n) is 7.37. The van der Waals surface area contributed by atoms with Gasteiger partial charge in [0.2, 0.25) is 11.8 Å². The second-order valence-electron chi connectivity index (χ2n) is 13.9. The fourth-order valence-corrected chi connectivity index (χ4v) is 7.37. The molecule has 2 fully saturated rings. The molecule has 2 amide bonds. The van der Waals surface area contributed by atoms with E-state index in [0.29, 0.717) is 35.8 Å². The van der Waals surface area contributed by atoms with Gasteiger partial charge < -0.3 is 44.0 Å². The maximum absolute atomic E-state index is 12.2. The lowest BCUT2D eigenvalue weighted by molar-refractivity contribution is -0.133. The maximum atomic E-state index is 12.2. The van der Waals surface area contributed by atoms with Crippen molar-refractivity contribution in [3.8, 4) is 23.0 Å². The van der Waals surface area contributed by atoms with Crippen LogP contribution >= 0.6 is 24.8 Å². The minimum atomic E-state index is 0. The monoisotopic (exact) mass is 834 g/mol. The third kappa shape index (κ3) is 11.3. The van der Waals surface area contributed by atoms with E-state index in [2.05, 4.69) is 30.2 Å². The summed E-state index contributed by atoms with van der Waals surface area (Å²) in [6.45, 7) is 7.45. The molecule has 15 nitrogen and oxygen atoms in total. The lowest BCUT2D eigenvalue weighted by atomic mass is 10.0. The predicted octanol–water partition coefficient (Wildman–Crippen LogP) is 5.77. The summed E-state index contributed by atoms with van der Waals surface area (Å²) in [5, 5.41) is 21.1. The normalized spacial score (nSPS) is 14.2. The molecule has 0 spiro atoms. The van der Waals surface area contributed by atoms with E-state index in [9.17, 15) is 9.59 Å². The summed E-state index contributed by atoms with van der Waals surface area (Å²) in [4.78, 5) is 32.7. The number of hydrogen-bond donors (Lipinski definition) is 0. The largest absolute Gasteiger partial charge is 0.493 e. The number of fused-ring (bicyclic) bond motifs is 2. The second kappa shape index (κ2) is 23.0. The molecule has 2 aromatic heterocycles. The van der Waals surface area contributed by atoms with Crippen LogP contribution in [0.5, 0.6) is 23.0 Å². The molecule has 57 heavy (non-hydrogen) atoms. The number of hydrogen-bond acceptors (Lipinski definition) is 12. The third-order valence-corrected chi connectivity index (χ3v) is 10.6. The van der Waals surface area contributed by atoms with E-state index in [0.717, 1.165) is 97.9 Å². The minimum Gasteiger partial charge on any atom is -0.493 e. The number of benzene rings is 2. The molecule has 6 rings (SSSR count). The van der Waals surface area contributed by atoms with Gasteiger partial charge in [-0.1, -0.05) is 13.8 Å². The molecule has 316 valence electrons.